The standard InChI is InChI=1S/C15H19ClN2O2/c1-3-14-12(6-7-20-14)13(18-17)9-10-8-11(16)4-5-15(10)19-2/h4-8,13,18H,3,9,17H2,1-2H3. The van der Waals surface area contributed by atoms with Crippen LogP contribution in [0.3, 0.4) is 0 Å². The maximum Gasteiger partial charge on any atom is 0.122 e. The molecule has 0 spiro atoms. The fourth-order valence-electron chi connectivity index (χ4n) is 2.33. The van der Waals surface area contributed by atoms with Crippen LogP contribution >= 0.6 is 11.6 Å². The van der Waals surface area contributed by atoms with Crippen LogP contribution < -0.4 is 16.0 Å². The van der Waals surface area contributed by atoms with Gasteiger partial charge in [0.1, 0.15) is 11.5 Å². The molecule has 1 atom stereocenters. The molecule has 1 heterocycles. The van der Waals surface area contributed by atoms with Gasteiger partial charge in [-0.3, -0.25) is 11.3 Å². The van der Waals surface area contributed by atoms with Crippen LogP contribution in [0.1, 0.15) is 29.9 Å². The van der Waals surface area contributed by atoms with E-state index in [1.807, 2.05) is 24.3 Å². The Morgan fingerprint density at radius 1 is 1.40 bits per heavy atom. The largest absolute Gasteiger partial charge is 0.496 e. The van der Waals surface area contributed by atoms with E-state index in [2.05, 4.69) is 12.3 Å². The predicted octanol–water partition coefficient (Wildman–Crippen LogP) is 3.25. The van der Waals surface area contributed by atoms with Crippen molar-refractivity contribution in [2.75, 3.05) is 7.11 Å². The summed E-state index contributed by atoms with van der Waals surface area (Å²) in [4.78, 5) is 0. The molecule has 0 bridgehead atoms. The van der Waals surface area contributed by atoms with E-state index in [0.717, 1.165) is 29.1 Å². The molecule has 0 aliphatic heterocycles. The van der Waals surface area contributed by atoms with Gasteiger partial charge in [-0.25, -0.2) is 0 Å². The van der Waals surface area contributed by atoms with Gasteiger partial charge in [0, 0.05) is 17.0 Å². The second-order valence-corrected chi connectivity index (χ2v) is 4.97. The Balaban J connectivity index is 2.29. The average Bonchev–Trinajstić information content (AvgIpc) is 2.93. The van der Waals surface area contributed by atoms with Gasteiger partial charge in [-0.1, -0.05) is 18.5 Å². The molecule has 20 heavy (non-hydrogen) atoms. The molecule has 0 fully saturated rings. The second-order valence-electron chi connectivity index (χ2n) is 4.53. The minimum Gasteiger partial charge on any atom is -0.496 e. The van der Waals surface area contributed by atoms with Crippen molar-refractivity contribution < 1.29 is 9.15 Å². The van der Waals surface area contributed by atoms with E-state index in [4.69, 9.17) is 26.6 Å². The molecule has 2 rings (SSSR count). The van der Waals surface area contributed by atoms with Crippen LogP contribution in [0.5, 0.6) is 5.75 Å². The third-order valence-electron chi connectivity index (χ3n) is 3.34. The number of ether oxygens (including phenoxy) is 1. The Bertz CT molecular complexity index is 569. The number of furan rings is 1. The highest BCUT2D eigenvalue weighted by atomic mass is 35.5. The van der Waals surface area contributed by atoms with Crippen molar-refractivity contribution in [3.05, 3.63) is 52.4 Å². The lowest BCUT2D eigenvalue weighted by atomic mass is 9.98. The Labute approximate surface area is 123 Å². The predicted molar refractivity (Wildman–Crippen MR) is 79.9 cm³/mol. The lowest BCUT2D eigenvalue weighted by Gasteiger charge is -2.18. The molecule has 0 aliphatic carbocycles. The van der Waals surface area contributed by atoms with E-state index in [0.29, 0.717) is 11.4 Å². The summed E-state index contributed by atoms with van der Waals surface area (Å²) in [6, 6.07) is 7.47. The fraction of sp³-hybridized carbons (Fsp3) is 0.333. The molecule has 0 saturated heterocycles. The summed E-state index contributed by atoms with van der Waals surface area (Å²) in [5, 5.41) is 0.680. The zero-order valence-electron chi connectivity index (χ0n) is 11.7. The first-order valence-electron chi connectivity index (χ1n) is 6.54. The van der Waals surface area contributed by atoms with Crippen LogP contribution in [-0.4, -0.2) is 7.11 Å². The molecular weight excluding hydrogens is 276 g/mol. The van der Waals surface area contributed by atoms with Gasteiger partial charge >= 0.3 is 0 Å². The molecule has 3 N–H and O–H groups in total. The molecule has 1 unspecified atom stereocenters. The molecule has 0 saturated carbocycles. The first kappa shape index (κ1) is 14.9. The SMILES string of the molecule is CCc1occc1C(Cc1cc(Cl)ccc1OC)NN. The number of methoxy groups -OCH3 is 1. The third-order valence-corrected chi connectivity index (χ3v) is 3.58. The van der Waals surface area contributed by atoms with Crippen molar-refractivity contribution in [3.63, 3.8) is 0 Å². The summed E-state index contributed by atoms with van der Waals surface area (Å²) in [6.07, 6.45) is 3.19. The van der Waals surface area contributed by atoms with Gasteiger partial charge < -0.3 is 9.15 Å². The topological polar surface area (TPSA) is 60.4 Å². The van der Waals surface area contributed by atoms with Crippen LogP contribution in [0, 0.1) is 0 Å². The van der Waals surface area contributed by atoms with Crippen molar-refractivity contribution in [2.45, 2.75) is 25.8 Å². The normalized spacial score (nSPS) is 12.4. The number of rotatable bonds is 6. The summed E-state index contributed by atoms with van der Waals surface area (Å²) in [7, 11) is 1.65. The summed E-state index contributed by atoms with van der Waals surface area (Å²) in [5.41, 5.74) is 4.91. The van der Waals surface area contributed by atoms with Crippen LogP contribution in [0.15, 0.2) is 34.9 Å². The fourth-order valence-corrected chi connectivity index (χ4v) is 2.53. The first-order valence-corrected chi connectivity index (χ1v) is 6.92. The highest BCUT2D eigenvalue weighted by Gasteiger charge is 2.18. The Morgan fingerprint density at radius 3 is 2.85 bits per heavy atom. The highest BCUT2D eigenvalue weighted by molar-refractivity contribution is 6.30. The van der Waals surface area contributed by atoms with Crippen molar-refractivity contribution in [1.82, 2.24) is 5.43 Å². The second kappa shape index (κ2) is 6.79. The maximum absolute atomic E-state index is 6.06. The molecular formula is C15H19ClN2O2. The van der Waals surface area contributed by atoms with Crippen molar-refractivity contribution in [1.29, 1.82) is 0 Å². The average molecular weight is 295 g/mol. The third kappa shape index (κ3) is 3.15. The molecule has 2 aromatic rings. The molecule has 1 aromatic carbocycles. The summed E-state index contributed by atoms with van der Waals surface area (Å²) in [5.74, 6) is 7.44. The molecule has 0 aliphatic rings. The molecule has 108 valence electrons. The minimum absolute atomic E-state index is 0.0453. The number of hydrogen-bond donors (Lipinski definition) is 2. The van der Waals surface area contributed by atoms with Crippen LogP contribution in [0.25, 0.3) is 0 Å². The molecule has 5 heteroatoms. The monoisotopic (exact) mass is 294 g/mol. The molecule has 1 aromatic heterocycles. The van der Waals surface area contributed by atoms with Crippen molar-refractivity contribution in [3.8, 4) is 5.75 Å². The zero-order valence-corrected chi connectivity index (χ0v) is 12.4. The van der Waals surface area contributed by atoms with Gasteiger partial charge in [-0.05, 0) is 36.2 Å². The van der Waals surface area contributed by atoms with E-state index in [1.165, 1.54) is 0 Å². The molecule has 4 nitrogen and oxygen atoms in total. The van der Waals surface area contributed by atoms with E-state index < -0.39 is 0 Å². The smallest absolute Gasteiger partial charge is 0.122 e. The number of benzene rings is 1. The summed E-state index contributed by atoms with van der Waals surface area (Å²) >= 11 is 6.06. The van der Waals surface area contributed by atoms with E-state index in [9.17, 15) is 0 Å². The Kier molecular flexibility index (Phi) is 5.06. The quantitative estimate of drug-likeness (QED) is 0.634. The van der Waals surface area contributed by atoms with Crippen LogP contribution in [-0.2, 0) is 12.8 Å². The zero-order chi connectivity index (χ0) is 14.5. The van der Waals surface area contributed by atoms with Gasteiger partial charge in [0.15, 0.2) is 0 Å². The summed E-state index contributed by atoms with van der Waals surface area (Å²) < 4.78 is 10.8. The number of halogens is 1. The number of nitrogens with two attached hydrogens (primary N) is 1. The molecule has 0 radical (unpaired) electrons. The van der Waals surface area contributed by atoms with E-state index in [1.54, 1.807) is 13.4 Å². The van der Waals surface area contributed by atoms with E-state index in [-0.39, 0.29) is 6.04 Å². The maximum atomic E-state index is 6.06. The number of nitrogens with one attached hydrogen (secondary N) is 1. The first-order chi connectivity index (χ1) is 9.69. The van der Waals surface area contributed by atoms with Crippen molar-refractivity contribution in [2.24, 2.45) is 5.84 Å². The van der Waals surface area contributed by atoms with Gasteiger partial charge in [0.2, 0.25) is 0 Å². The van der Waals surface area contributed by atoms with Crippen LogP contribution in [0.4, 0.5) is 0 Å². The molecule has 0 amide bonds. The number of hydrogen-bond acceptors (Lipinski definition) is 4. The van der Waals surface area contributed by atoms with E-state index >= 15 is 0 Å². The van der Waals surface area contributed by atoms with Gasteiger partial charge in [0.25, 0.3) is 0 Å². The van der Waals surface area contributed by atoms with Gasteiger partial charge in [0.05, 0.1) is 19.4 Å². The van der Waals surface area contributed by atoms with Gasteiger partial charge in [-0.15, -0.1) is 0 Å². The lowest BCUT2D eigenvalue weighted by molar-refractivity contribution is 0.405. The minimum atomic E-state index is -0.0453. The van der Waals surface area contributed by atoms with Gasteiger partial charge in [-0.2, -0.15) is 0 Å². The Hall–Kier alpha value is -1.49. The van der Waals surface area contributed by atoms with Crippen LogP contribution in [0.2, 0.25) is 5.02 Å². The highest BCUT2D eigenvalue weighted by Crippen LogP contribution is 2.29. The number of hydrazine groups is 1. The number of aryl methyl sites for hydroxylation is 1. The Morgan fingerprint density at radius 2 is 2.20 bits per heavy atom. The van der Waals surface area contributed by atoms with Crippen molar-refractivity contribution >= 4 is 11.6 Å². The summed E-state index contributed by atoms with van der Waals surface area (Å²) in [6.45, 7) is 2.05. The lowest BCUT2D eigenvalue weighted by Crippen LogP contribution is -2.30.